The Labute approximate surface area is 186 Å². The maximum Gasteiger partial charge on any atom is 0.220 e. The Balaban J connectivity index is 0.00000210. The average molecular weight is 438 g/mol. The zero-order chi connectivity index (χ0) is 19.1. The first-order valence-electron chi connectivity index (χ1n) is 10.0. The average Bonchev–Trinajstić information content (AvgIpc) is 3.15. The number of aryl methyl sites for hydroxylation is 1. The third kappa shape index (κ3) is 7.22. The molecule has 0 aliphatic heterocycles. The van der Waals surface area contributed by atoms with Crippen molar-refractivity contribution in [2.24, 2.45) is 0 Å². The first kappa shape index (κ1) is 25.3. The van der Waals surface area contributed by atoms with Gasteiger partial charge in [-0.05, 0) is 43.4 Å². The molecule has 1 saturated carbocycles. The van der Waals surface area contributed by atoms with Crippen molar-refractivity contribution in [2.75, 3.05) is 12.3 Å². The number of benzene rings is 2. The highest BCUT2D eigenvalue weighted by atomic mass is 35.5. The van der Waals surface area contributed by atoms with E-state index in [0.717, 1.165) is 24.1 Å². The molecule has 2 aromatic rings. The summed E-state index contributed by atoms with van der Waals surface area (Å²) < 4.78 is 0. The van der Waals surface area contributed by atoms with E-state index in [9.17, 15) is 4.79 Å². The van der Waals surface area contributed by atoms with E-state index in [2.05, 4.69) is 41.8 Å². The molecular weight excluding hydrogens is 405 g/mol. The van der Waals surface area contributed by atoms with Gasteiger partial charge in [0, 0.05) is 30.2 Å². The van der Waals surface area contributed by atoms with Gasteiger partial charge in [-0.2, -0.15) is 0 Å². The molecule has 1 fully saturated rings. The summed E-state index contributed by atoms with van der Waals surface area (Å²) in [6.07, 6.45) is 5.79. The first-order chi connectivity index (χ1) is 13.1. The molecule has 1 aliphatic carbocycles. The number of hydrogen-bond donors (Lipinski definition) is 3. The summed E-state index contributed by atoms with van der Waals surface area (Å²) in [6, 6.07) is 18.5. The van der Waals surface area contributed by atoms with Crippen LogP contribution < -0.4 is 16.4 Å². The van der Waals surface area contributed by atoms with Crippen LogP contribution in [0, 0.1) is 0 Å². The van der Waals surface area contributed by atoms with Gasteiger partial charge in [0.25, 0.3) is 0 Å². The van der Waals surface area contributed by atoms with E-state index >= 15 is 0 Å². The SMILES string of the molecule is CC(NC1(CNC(=O)CCc2ccccc2N)CCCC1)c1ccccc1.Cl.Cl. The number of nitrogens with one attached hydrogen (secondary N) is 2. The summed E-state index contributed by atoms with van der Waals surface area (Å²) in [5.41, 5.74) is 9.05. The van der Waals surface area contributed by atoms with Crippen molar-refractivity contribution in [3.05, 3.63) is 65.7 Å². The third-order valence-corrected chi connectivity index (χ3v) is 5.68. The van der Waals surface area contributed by atoms with Gasteiger partial charge in [-0.25, -0.2) is 0 Å². The van der Waals surface area contributed by atoms with Gasteiger partial charge in [-0.3, -0.25) is 4.79 Å². The molecule has 1 aliphatic rings. The van der Waals surface area contributed by atoms with Gasteiger partial charge in [-0.15, -0.1) is 24.8 Å². The molecule has 29 heavy (non-hydrogen) atoms. The van der Waals surface area contributed by atoms with Crippen LogP contribution >= 0.6 is 24.8 Å². The van der Waals surface area contributed by atoms with Crippen molar-refractivity contribution in [2.45, 2.75) is 57.0 Å². The van der Waals surface area contributed by atoms with E-state index in [4.69, 9.17) is 5.73 Å². The molecule has 0 saturated heterocycles. The molecule has 6 heteroatoms. The highest BCUT2D eigenvalue weighted by Gasteiger charge is 2.35. The van der Waals surface area contributed by atoms with Crippen LogP contribution in [0.15, 0.2) is 54.6 Å². The highest BCUT2D eigenvalue weighted by molar-refractivity contribution is 5.85. The summed E-state index contributed by atoms with van der Waals surface area (Å²) in [7, 11) is 0. The first-order valence-corrected chi connectivity index (χ1v) is 10.0. The molecule has 0 aromatic heterocycles. The summed E-state index contributed by atoms with van der Waals surface area (Å²) in [4.78, 5) is 12.4. The summed E-state index contributed by atoms with van der Waals surface area (Å²) in [5.74, 6) is 0.0960. The Morgan fingerprint density at radius 3 is 2.31 bits per heavy atom. The lowest BCUT2D eigenvalue weighted by Gasteiger charge is -2.34. The van der Waals surface area contributed by atoms with Crippen LogP contribution in [-0.2, 0) is 11.2 Å². The fourth-order valence-corrected chi connectivity index (χ4v) is 4.07. The lowest BCUT2D eigenvalue weighted by Crippen LogP contribution is -2.52. The summed E-state index contributed by atoms with van der Waals surface area (Å²) in [6.45, 7) is 2.89. The highest BCUT2D eigenvalue weighted by Crippen LogP contribution is 2.32. The van der Waals surface area contributed by atoms with E-state index in [0.29, 0.717) is 19.4 Å². The van der Waals surface area contributed by atoms with Crippen molar-refractivity contribution in [1.29, 1.82) is 0 Å². The number of nitrogens with two attached hydrogens (primary N) is 1. The quantitative estimate of drug-likeness (QED) is 0.518. The Kier molecular flexibility index (Phi) is 10.5. The summed E-state index contributed by atoms with van der Waals surface area (Å²) >= 11 is 0. The lowest BCUT2D eigenvalue weighted by atomic mass is 9.94. The van der Waals surface area contributed by atoms with Gasteiger partial charge in [0.1, 0.15) is 0 Å². The summed E-state index contributed by atoms with van der Waals surface area (Å²) in [5, 5.41) is 6.98. The maximum atomic E-state index is 12.4. The molecule has 0 heterocycles. The molecule has 1 atom stereocenters. The minimum atomic E-state index is -0.00328. The minimum Gasteiger partial charge on any atom is -0.399 e. The molecule has 4 N–H and O–H groups in total. The van der Waals surface area contributed by atoms with Gasteiger partial charge in [0.2, 0.25) is 5.91 Å². The predicted molar refractivity (Wildman–Crippen MR) is 126 cm³/mol. The van der Waals surface area contributed by atoms with Gasteiger partial charge in [0.15, 0.2) is 0 Å². The zero-order valence-corrected chi connectivity index (χ0v) is 18.7. The van der Waals surface area contributed by atoms with Crippen molar-refractivity contribution in [3.63, 3.8) is 0 Å². The standard InChI is InChI=1S/C23H31N3O.2ClH/c1-18(19-9-3-2-4-10-19)26-23(15-7-8-16-23)17-25-22(27)14-13-20-11-5-6-12-21(20)24;;/h2-6,9-12,18,26H,7-8,13-17,24H2,1H3,(H,25,27);2*1H. The number of para-hydroxylation sites is 1. The maximum absolute atomic E-state index is 12.4. The van der Waals surface area contributed by atoms with Crippen LogP contribution in [0.3, 0.4) is 0 Å². The fraction of sp³-hybridized carbons (Fsp3) is 0.435. The molecule has 2 aromatic carbocycles. The largest absolute Gasteiger partial charge is 0.399 e. The topological polar surface area (TPSA) is 67.1 Å². The second kappa shape index (κ2) is 12.1. The van der Waals surface area contributed by atoms with Crippen molar-refractivity contribution in [3.8, 4) is 0 Å². The van der Waals surface area contributed by atoms with Crippen LogP contribution in [-0.4, -0.2) is 18.0 Å². The number of carbonyl (C=O) groups is 1. The number of nitrogen functional groups attached to an aromatic ring is 1. The molecule has 0 bridgehead atoms. The lowest BCUT2D eigenvalue weighted by molar-refractivity contribution is -0.121. The monoisotopic (exact) mass is 437 g/mol. The van der Waals surface area contributed by atoms with E-state index in [1.807, 2.05) is 30.3 Å². The van der Waals surface area contributed by atoms with E-state index in [1.54, 1.807) is 0 Å². The van der Waals surface area contributed by atoms with Crippen molar-refractivity contribution < 1.29 is 4.79 Å². The van der Waals surface area contributed by atoms with Crippen LogP contribution in [0.1, 0.15) is 56.2 Å². The second-order valence-corrected chi connectivity index (χ2v) is 7.74. The molecule has 0 radical (unpaired) electrons. The Hall–Kier alpha value is -1.75. The molecule has 160 valence electrons. The van der Waals surface area contributed by atoms with Crippen LogP contribution in [0.5, 0.6) is 0 Å². The number of carbonyl (C=O) groups excluding carboxylic acids is 1. The minimum absolute atomic E-state index is 0. The number of amides is 1. The molecule has 1 unspecified atom stereocenters. The molecule has 0 spiro atoms. The van der Waals surface area contributed by atoms with Crippen molar-refractivity contribution in [1.82, 2.24) is 10.6 Å². The number of halogens is 2. The molecule has 1 amide bonds. The number of anilines is 1. The third-order valence-electron chi connectivity index (χ3n) is 5.68. The molecule has 4 nitrogen and oxygen atoms in total. The molecule has 3 rings (SSSR count). The van der Waals surface area contributed by atoms with Crippen molar-refractivity contribution >= 4 is 36.4 Å². The van der Waals surface area contributed by atoms with Gasteiger partial charge < -0.3 is 16.4 Å². The van der Waals surface area contributed by atoms with Gasteiger partial charge >= 0.3 is 0 Å². The molecular formula is C23H33Cl2N3O. The Morgan fingerprint density at radius 2 is 1.66 bits per heavy atom. The Bertz CT molecular complexity index is 749. The van der Waals surface area contributed by atoms with Gasteiger partial charge in [0.05, 0.1) is 0 Å². The van der Waals surface area contributed by atoms with Crippen LogP contribution in [0.4, 0.5) is 5.69 Å². The van der Waals surface area contributed by atoms with E-state index in [-0.39, 0.29) is 42.3 Å². The smallest absolute Gasteiger partial charge is 0.220 e. The van der Waals surface area contributed by atoms with Gasteiger partial charge in [-0.1, -0.05) is 61.4 Å². The zero-order valence-electron chi connectivity index (χ0n) is 17.0. The predicted octanol–water partition coefficient (Wildman–Crippen LogP) is 4.82. The normalized spacial score (nSPS) is 15.6. The van der Waals surface area contributed by atoms with E-state index < -0.39 is 0 Å². The van der Waals surface area contributed by atoms with E-state index in [1.165, 1.54) is 18.4 Å². The number of hydrogen-bond acceptors (Lipinski definition) is 3. The van der Waals surface area contributed by atoms with Crippen LogP contribution in [0.2, 0.25) is 0 Å². The second-order valence-electron chi connectivity index (χ2n) is 7.74. The van der Waals surface area contributed by atoms with Crippen LogP contribution in [0.25, 0.3) is 0 Å². The fourth-order valence-electron chi connectivity index (χ4n) is 4.07. The Morgan fingerprint density at radius 1 is 1.03 bits per heavy atom. The number of rotatable bonds is 8.